The summed E-state index contributed by atoms with van der Waals surface area (Å²) < 4.78 is 3.03. The van der Waals surface area contributed by atoms with Crippen LogP contribution in [0.25, 0.3) is 0 Å². The summed E-state index contributed by atoms with van der Waals surface area (Å²) in [6.07, 6.45) is 1.60. The summed E-state index contributed by atoms with van der Waals surface area (Å²) in [5.41, 5.74) is 3.93. The molecule has 2 aromatic rings. The second-order valence-electron chi connectivity index (χ2n) is 4.82. The van der Waals surface area contributed by atoms with Gasteiger partial charge >= 0.3 is 0 Å². The summed E-state index contributed by atoms with van der Waals surface area (Å²) in [6, 6.07) is 8.18. The van der Waals surface area contributed by atoms with Gasteiger partial charge in [0.25, 0.3) is 0 Å². The first-order valence-electron chi connectivity index (χ1n) is 6.90. The van der Waals surface area contributed by atoms with Crippen molar-refractivity contribution < 1.29 is 4.79 Å². The minimum atomic E-state index is 0.110. The molecular weight excluding hydrogens is 316 g/mol. The molecule has 0 aliphatic heterocycles. The van der Waals surface area contributed by atoms with Crippen molar-refractivity contribution in [1.29, 1.82) is 0 Å². The van der Waals surface area contributed by atoms with E-state index in [1.54, 1.807) is 6.92 Å². The first-order chi connectivity index (χ1) is 9.56. The van der Waals surface area contributed by atoms with E-state index < -0.39 is 0 Å². The number of benzene rings is 1. The van der Waals surface area contributed by atoms with Crippen LogP contribution in [0, 0.1) is 0 Å². The molecule has 3 nitrogen and oxygen atoms in total. The molecular formula is C16H19BrN2O. The number of Topliss-reactive ketones (excluding diaryl/α,β-unsaturated/α-hetero) is 1. The Labute approximate surface area is 128 Å². The fourth-order valence-electron chi connectivity index (χ4n) is 2.50. The van der Waals surface area contributed by atoms with E-state index >= 15 is 0 Å². The highest BCUT2D eigenvalue weighted by atomic mass is 79.9. The first kappa shape index (κ1) is 15.0. The number of halogens is 1. The van der Waals surface area contributed by atoms with E-state index in [1.165, 1.54) is 5.56 Å². The van der Waals surface area contributed by atoms with Crippen molar-refractivity contribution in [1.82, 2.24) is 9.78 Å². The zero-order valence-electron chi connectivity index (χ0n) is 12.1. The van der Waals surface area contributed by atoms with Gasteiger partial charge in [-0.15, -0.1) is 0 Å². The van der Waals surface area contributed by atoms with E-state index in [9.17, 15) is 4.79 Å². The van der Waals surface area contributed by atoms with Gasteiger partial charge in [-0.25, -0.2) is 0 Å². The van der Waals surface area contributed by atoms with Gasteiger partial charge in [-0.05, 0) is 37.5 Å². The van der Waals surface area contributed by atoms with Crippen molar-refractivity contribution in [2.45, 2.75) is 40.2 Å². The Morgan fingerprint density at radius 2 is 2.05 bits per heavy atom. The maximum absolute atomic E-state index is 11.9. The van der Waals surface area contributed by atoms with Crippen LogP contribution in [0.5, 0.6) is 0 Å². The van der Waals surface area contributed by atoms with Crippen LogP contribution < -0.4 is 0 Å². The molecule has 0 saturated heterocycles. The molecule has 0 bridgehead atoms. The summed E-state index contributed by atoms with van der Waals surface area (Å²) in [5, 5.41) is 4.63. The lowest BCUT2D eigenvalue weighted by Crippen LogP contribution is -2.07. The number of rotatable bonds is 5. The molecule has 0 radical (unpaired) electrons. The fraction of sp³-hybridized carbons (Fsp3) is 0.375. The highest BCUT2D eigenvalue weighted by Crippen LogP contribution is 2.19. The van der Waals surface area contributed by atoms with Gasteiger partial charge in [0.05, 0.1) is 17.8 Å². The van der Waals surface area contributed by atoms with Gasteiger partial charge in [-0.1, -0.05) is 41.9 Å². The Bertz CT molecular complexity index is 631. The third-order valence-electron chi connectivity index (χ3n) is 3.37. The average Bonchev–Trinajstić information content (AvgIpc) is 2.76. The van der Waals surface area contributed by atoms with Crippen LogP contribution in [-0.2, 0) is 19.4 Å². The Morgan fingerprint density at radius 1 is 1.30 bits per heavy atom. The molecule has 1 aromatic heterocycles. The molecule has 0 aliphatic rings. The van der Waals surface area contributed by atoms with Crippen LogP contribution >= 0.6 is 15.9 Å². The second-order valence-corrected chi connectivity index (χ2v) is 5.73. The number of nitrogens with zero attached hydrogens (tertiary/aromatic N) is 2. The molecule has 1 aromatic carbocycles. The van der Waals surface area contributed by atoms with Gasteiger partial charge in [-0.3, -0.25) is 9.48 Å². The molecule has 0 saturated carbocycles. The molecule has 1 heterocycles. The Balaban J connectivity index is 2.44. The van der Waals surface area contributed by atoms with Gasteiger partial charge < -0.3 is 0 Å². The van der Waals surface area contributed by atoms with Gasteiger partial charge in [0, 0.05) is 10.2 Å². The zero-order valence-corrected chi connectivity index (χ0v) is 13.7. The Kier molecular flexibility index (Phi) is 4.76. The normalized spacial score (nSPS) is 10.8. The highest BCUT2D eigenvalue weighted by Gasteiger charge is 2.18. The number of hydrogen-bond donors (Lipinski definition) is 0. The summed E-state index contributed by atoms with van der Waals surface area (Å²) >= 11 is 3.48. The molecule has 0 unspecified atom stereocenters. The predicted molar refractivity (Wildman–Crippen MR) is 84.2 cm³/mol. The molecule has 4 heteroatoms. The number of aromatic nitrogens is 2. The van der Waals surface area contributed by atoms with Crippen LogP contribution in [0.2, 0.25) is 0 Å². The lowest BCUT2D eigenvalue weighted by atomic mass is 10.1. The summed E-state index contributed by atoms with van der Waals surface area (Å²) in [5.74, 6) is 0.110. The highest BCUT2D eigenvalue weighted by molar-refractivity contribution is 9.10. The number of aryl methyl sites for hydroxylation is 1. The minimum absolute atomic E-state index is 0.110. The number of ketones is 1. The number of hydrogen-bond acceptors (Lipinski definition) is 2. The summed E-state index contributed by atoms with van der Waals surface area (Å²) in [4.78, 5) is 11.9. The van der Waals surface area contributed by atoms with E-state index in [4.69, 9.17) is 0 Å². The smallest absolute Gasteiger partial charge is 0.163 e. The molecule has 2 rings (SSSR count). The third-order valence-corrected chi connectivity index (χ3v) is 3.87. The SMILES string of the molecule is CCc1nn(Cc2cccc(Br)c2)c(CC)c1C(C)=O. The average molecular weight is 335 g/mol. The van der Waals surface area contributed by atoms with Crippen LogP contribution in [0.1, 0.15) is 48.1 Å². The predicted octanol–water partition coefficient (Wildman–Crippen LogP) is 4.02. The van der Waals surface area contributed by atoms with E-state index in [0.717, 1.165) is 34.3 Å². The van der Waals surface area contributed by atoms with Gasteiger partial charge in [0.1, 0.15) is 0 Å². The molecule has 0 atom stereocenters. The van der Waals surface area contributed by atoms with Crippen molar-refractivity contribution in [2.24, 2.45) is 0 Å². The van der Waals surface area contributed by atoms with E-state index in [1.807, 2.05) is 23.7 Å². The van der Waals surface area contributed by atoms with Gasteiger partial charge in [0.15, 0.2) is 5.78 Å². The second kappa shape index (κ2) is 6.35. The maximum atomic E-state index is 11.9. The molecule has 20 heavy (non-hydrogen) atoms. The standard InChI is InChI=1S/C16H19BrN2O/c1-4-14-16(11(3)20)15(5-2)19(18-14)10-12-7-6-8-13(17)9-12/h6-9H,4-5,10H2,1-3H3. The van der Waals surface area contributed by atoms with E-state index in [-0.39, 0.29) is 5.78 Å². The summed E-state index contributed by atoms with van der Waals surface area (Å²) in [6.45, 7) is 6.43. The van der Waals surface area contributed by atoms with Gasteiger partial charge in [0.2, 0.25) is 0 Å². The summed E-state index contributed by atoms with van der Waals surface area (Å²) in [7, 11) is 0. The minimum Gasteiger partial charge on any atom is -0.294 e. The lowest BCUT2D eigenvalue weighted by Gasteiger charge is -2.07. The Morgan fingerprint density at radius 3 is 2.60 bits per heavy atom. The van der Waals surface area contributed by atoms with Crippen LogP contribution in [0.3, 0.4) is 0 Å². The zero-order chi connectivity index (χ0) is 14.7. The largest absolute Gasteiger partial charge is 0.294 e. The van der Waals surface area contributed by atoms with Crippen molar-refractivity contribution in [2.75, 3.05) is 0 Å². The Hall–Kier alpha value is -1.42. The number of carbonyl (C=O) groups is 1. The monoisotopic (exact) mass is 334 g/mol. The molecule has 0 spiro atoms. The number of carbonyl (C=O) groups excluding carboxylic acids is 1. The van der Waals surface area contributed by atoms with Crippen molar-refractivity contribution in [3.8, 4) is 0 Å². The maximum Gasteiger partial charge on any atom is 0.163 e. The third kappa shape index (κ3) is 3.01. The van der Waals surface area contributed by atoms with E-state index in [2.05, 4.69) is 40.1 Å². The van der Waals surface area contributed by atoms with Crippen molar-refractivity contribution >= 4 is 21.7 Å². The van der Waals surface area contributed by atoms with Crippen LogP contribution in [0.15, 0.2) is 28.7 Å². The molecule has 106 valence electrons. The fourth-order valence-corrected chi connectivity index (χ4v) is 2.95. The topological polar surface area (TPSA) is 34.9 Å². The molecule has 0 amide bonds. The quantitative estimate of drug-likeness (QED) is 0.774. The van der Waals surface area contributed by atoms with Crippen molar-refractivity contribution in [3.63, 3.8) is 0 Å². The first-order valence-corrected chi connectivity index (χ1v) is 7.70. The van der Waals surface area contributed by atoms with Crippen LogP contribution in [-0.4, -0.2) is 15.6 Å². The van der Waals surface area contributed by atoms with Crippen LogP contribution in [0.4, 0.5) is 0 Å². The lowest BCUT2D eigenvalue weighted by molar-refractivity contribution is 0.101. The molecule has 0 aliphatic carbocycles. The molecule has 0 N–H and O–H groups in total. The molecule has 0 fully saturated rings. The van der Waals surface area contributed by atoms with E-state index in [0.29, 0.717) is 6.54 Å². The van der Waals surface area contributed by atoms with Gasteiger partial charge in [-0.2, -0.15) is 5.10 Å². The van der Waals surface area contributed by atoms with Crippen molar-refractivity contribution in [3.05, 3.63) is 51.3 Å².